The molecule has 1 saturated heterocycles. The Morgan fingerprint density at radius 1 is 1.38 bits per heavy atom. The van der Waals surface area contributed by atoms with Crippen LogP contribution in [0.2, 0.25) is 0 Å². The molecule has 3 atom stereocenters. The highest BCUT2D eigenvalue weighted by molar-refractivity contribution is 5.78. The summed E-state index contributed by atoms with van der Waals surface area (Å²) in [5.41, 5.74) is 6.12. The molecule has 0 aromatic rings. The van der Waals surface area contributed by atoms with Crippen molar-refractivity contribution in [2.24, 2.45) is 28.4 Å². The van der Waals surface area contributed by atoms with E-state index < -0.39 is 0 Å². The molecular formula is C13H24N2O. The van der Waals surface area contributed by atoms with Crippen molar-refractivity contribution in [3.63, 3.8) is 0 Å². The third-order valence-corrected chi connectivity index (χ3v) is 4.95. The Bertz CT molecular complexity index is 300. The maximum absolute atomic E-state index is 11.6. The van der Waals surface area contributed by atoms with Crippen LogP contribution in [-0.2, 0) is 4.79 Å². The van der Waals surface area contributed by atoms with Gasteiger partial charge in [0, 0.05) is 13.1 Å². The second-order valence-electron chi connectivity index (χ2n) is 6.59. The lowest BCUT2D eigenvalue weighted by molar-refractivity contribution is -0.127. The van der Waals surface area contributed by atoms with Gasteiger partial charge in [0.2, 0.25) is 5.91 Å². The summed E-state index contributed by atoms with van der Waals surface area (Å²) in [4.78, 5) is 11.6. The smallest absolute Gasteiger partial charge is 0.222 e. The molecule has 1 amide bonds. The number of primary amides is 1. The van der Waals surface area contributed by atoms with E-state index in [9.17, 15) is 4.79 Å². The van der Waals surface area contributed by atoms with Gasteiger partial charge in [-0.25, -0.2) is 0 Å². The van der Waals surface area contributed by atoms with Gasteiger partial charge in [-0.3, -0.25) is 4.79 Å². The summed E-state index contributed by atoms with van der Waals surface area (Å²) >= 11 is 0. The summed E-state index contributed by atoms with van der Waals surface area (Å²) < 4.78 is 0. The summed E-state index contributed by atoms with van der Waals surface area (Å²) in [7, 11) is 0. The highest BCUT2D eigenvalue weighted by Crippen LogP contribution is 2.53. The molecule has 0 bridgehead atoms. The first kappa shape index (κ1) is 11.9. The Hall–Kier alpha value is -0.570. The third kappa shape index (κ3) is 1.75. The van der Waals surface area contributed by atoms with E-state index in [1.807, 2.05) is 0 Å². The van der Waals surface area contributed by atoms with E-state index in [2.05, 4.69) is 26.1 Å². The Morgan fingerprint density at radius 2 is 2.06 bits per heavy atom. The molecule has 0 aromatic heterocycles. The van der Waals surface area contributed by atoms with E-state index in [1.54, 1.807) is 0 Å². The molecule has 1 aliphatic carbocycles. The van der Waals surface area contributed by atoms with Crippen LogP contribution in [0.15, 0.2) is 0 Å². The number of carbonyl (C=O) groups is 1. The monoisotopic (exact) mass is 224 g/mol. The summed E-state index contributed by atoms with van der Waals surface area (Å²) in [5.74, 6) is 0.513. The van der Waals surface area contributed by atoms with Crippen molar-refractivity contribution < 1.29 is 4.79 Å². The van der Waals surface area contributed by atoms with Gasteiger partial charge in [0.25, 0.3) is 0 Å². The summed E-state index contributed by atoms with van der Waals surface area (Å²) in [5, 5.41) is 3.37. The lowest BCUT2D eigenvalue weighted by Gasteiger charge is -2.48. The lowest BCUT2D eigenvalue weighted by Crippen LogP contribution is -2.47. The van der Waals surface area contributed by atoms with Gasteiger partial charge < -0.3 is 11.1 Å². The minimum atomic E-state index is -0.114. The molecule has 3 heteroatoms. The largest absolute Gasteiger partial charge is 0.369 e. The van der Waals surface area contributed by atoms with Crippen molar-refractivity contribution in [3.8, 4) is 0 Å². The number of hydrogen-bond acceptors (Lipinski definition) is 2. The molecule has 3 unspecified atom stereocenters. The van der Waals surface area contributed by atoms with Crippen LogP contribution in [0.25, 0.3) is 0 Å². The van der Waals surface area contributed by atoms with Gasteiger partial charge in [-0.15, -0.1) is 0 Å². The molecule has 3 N–H and O–H groups in total. The van der Waals surface area contributed by atoms with E-state index in [1.165, 1.54) is 12.8 Å². The molecule has 16 heavy (non-hydrogen) atoms. The molecule has 92 valence electrons. The molecule has 3 nitrogen and oxygen atoms in total. The van der Waals surface area contributed by atoms with Crippen LogP contribution in [0.3, 0.4) is 0 Å². The van der Waals surface area contributed by atoms with Crippen LogP contribution in [0, 0.1) is 22.7 Å². The molecule has 2 aliphatic rings. The normalized spacial score (nSPS) is 42.4. The van der Waals surface area contributed by atoms with Crippen molar-refractivity contribution in [3.05, 3.63) is 0 Å². The molecule has 0 aromatic carbocycles. The highest BCUT2D eigenvalue weighted by Gasteiger charge is 2.52. The Kier molecular flexibility index (Phi) is 2.77. The second-order valence-corrected chi connectivity index (χ2v) is 6.59. The van der Waals surface area contributed by atoms with E-state index in [0.717, 1.165) is 19.5 Å². The van der Waals surface area contributed by atoms with E-state index in [0.29, 0.717) is 11.3 Å². The van der Waals surface area contributed by atoms with Crippen LogP contribution >= 0.6 is 0 Å². The predicted molar refractivity (Wildman–Crippen MR) is 64.8 cm³/mol. The van der Waals surface area contributed by atoms with Crippen LogP contribution in [0.4, 0.5) is 0 Å². The highest BCUT2D eigenvalue weighted by atomic mass is 16.1. The average molecular weight is 224 g/mol. The molecule has 1 spiro atoms. The van der Waals surface area contributed by atoms with Crippen molar-refractivity contribution in [1.82, 2.24) is 5.32 Å². The summed E-state index contributed by atoms with van der Waals surface area (Å²) in [6.07, 6.45) is 3.56. The van der Waals surface area contributed by atoms with E-state index in [-0.39, 0.29) is 17.2 Å². The minimum absolute atomic E-state index is 0.0404. The van der Waals surface area contributed by atoms with Gasteiger partial charge in [-0.1, -0.05) is 20.8 Å². The SMILES string of the molecule is CC1CC(C)(C)CCC12CNCC2C(N)=O. The number of nitrogens with one attached hydrogen (secondary N) is 1. The van der Waals surface area contributed by atoms with Gasteiger partial charge in [0.05, 0.1) is 5.92 Å². The molecule has 2 rings (SSSR count). The average Bonchev–Trinajstić information content (AvgIpc) is 2.57. The van der Waals surface area contributed by atoms with Crippen LogP contribution < -0.4 is 11.1 Å². The van der Waals surface area contributed by atoms with Crippen LogP contribution in [0.1, 0.15) is 40.0 Å². The first-order valence-corrected chi connectivity index (χ1v) is 6.37. The zero-order valence-corrected chi connectivity index (χ0v) is 10.7. The fraction of sp³-hybridized carbons (Fsp3) is 0.923. The Balaban J connectivity index is 2.22. The topological polar surface area (TPSA) is 55.1 Å². The quantitative estimate of drug-likeness (QED) is 0.709. The summed E-state index contributed by atoms with van der Waals surface area (Å²) in [6, 6.07) is 0. The van der Waals surface area contributed by atoms with Crippen molar-refractivity contribution in [1.29, 1.82) is 0 Å². The van der Waals surface area contributed by atoms with Gasteiger partial charge in [0.1, 0.15) is 0 Å². The van der Waals surface area contributed by atoms with Gasteiger partial charge in [0.15, 0.2) is 0 Å². The Morgan fingerprint density at radius 3 is 2.62 bits per heavy atom. The number of hydrogen-bond donors (Lipinski definition) is 2. The van der Waals surface area contributed by atoms with Crippen molar-refractivity contribution >= 4 is 5.91 Å². The molecular weight excluding hydrogens is 200 g/mol. The molecule has 1 aliphatic heterocycles. The lowest BCUT2D eigenvalue weighted by atomic mass is 9.56. The van der Waals surface area contributed by atoms with Crippen molar-refractivity contribution in [2.75, 3.05) is 13.1 Å². The minimum Gasteiger partial charge on any atom is -0.369 e. The fourth-order valence-electron chi connectivity index (χ4n) is 3.89. The van der Waals surface area contributed by atoms with E-state index >= 15 is 0 Å². The van der Waals surface area contributed by atoms with E-state index in [4.69, 9.17) is 5.73 Å². The number of carbonyl (C=O) groups excluding carboxylic acids is 1. The molecule has 1 saturated carbocycles. The second kappa shape index (κ2) is 3.73. The zero-order valence-electron chi connectivity index (χ0n) is 10.7. The first-order chi connectivity index (χ1) is 7.37. The van der Waals surface area contributed by atoms with Crippen molar-refractivity contribution in [2.45, 2.75) is 40.0 Å². The number of nitrogens with two attached hydrogens (primary N) is 1. The Labute approximate surface area is 98.2 Å². The molecule has 2 fully saturated rings. The molecule has 0 radical (unpaired) electrons. The standard InChI is InChI=1S/C13H24N2O/c1-9-6-12(2,3)4-5-13(9)8-15-7-10(13)11(14)16/h9-10,15H,4-8H2,1-3H3,(H2,14,16). The van der Waals surface area contributed by atoms with Crippen LogP contribution in [0.5, 0.6) is 0 Å². The number of rotatable bonds is 1. The number of amides is 1. The summed E-state index contributed by atoms with van der Waals surface area (Å²) in [6.45, 7) is 8.71. The maximum atomic E-state index is 11.6. The predicted octanol–water partition coefficient (Wildman–Crippen LogP) is 1.52. The first-order valence-electron chi connectivity index (χ1n) is 6.37. The third-order valence-electron chi connectivity index (χ3n) is 4.95. The van der Waals surface area contributed by atoms with Gasteiger partial charge in [-0.2, -0.15) is 0 Å². The van der Waals surface area contributed by atoms with Gasteiger partial charge >= 0.3 is 0 Å². The molecule has 1 heterocycles. The zero-order chi connectivity index (χ0) is 12.0. The maximum Gasteiger partial charge on any atom is 0.222 e. The fourth-order valence-corrected chi connectivity index (χ4v) is 3.89. The van der Waals surface area contributed by atoms with Gasteiger partial charge in [-0.05, 0) is 36.0 Å². The van der Waals surface area contributed by atoms with Crippen LogP contribution in [-0.4, -0.2) is 19.0 Å².